The lowest BCUT2D eigenvalue weighted by atomic mass is 10.0. The van der Waals surface area contributed by atoms with E-state index in [-0.39, 0.29) is 5.91 Å². The van der Waals surface area contributed by atoms with Crippen molar-refractivity contribution in [1.29, 1.82) is 0 Å². The van der Waals surface area contributed by atoms with E-state index in [0.29, 0.717) is 6.04 Å². The van der Waals surface area contributed by atoms with Crippen LogP contribution in [0.25, 0.3) is 0 Å². The second-order valence-electron chi connectivity index (χ2n) is 5.23. The van der Waals surface area contributed by atoms with Crippen molar-refractivity contribution in [2.45, 2.75) is 39.3 Å². The predicted octanol–water partition coefficient (Wildman–Crippen LogP) is 2.75. The number of hydrogen-bond acceptors (Lipinski definition) is 2. The van der Waals surface area contributed by atoms with Crippen LogP contribution in [0.4, 0.5) is 0 Å². The van der Waals surface area contributed by atoms with Gasteiger partial charge in [0.15, 0.2) is 0 Å². The third-order valence-electron chi connectivity index (χ3n) is 3.83. The van der Waals surface area contributed by atoms with E-state index >= 15 is 0 Å². The van der Waals surface area contributed by atoms with Gasteiger partial charge in [0.25, 0.3) is 0 Å². The van der Waals surface area contributed by atoms with E-state index in [9.17, 15) is 4.79 Å². The van der Waals surface area contributed by atoms with Gasteiger partial charge in [0.1, 0.15) is 0 Å². The van der Waals surface area contributed by atoms with Crippen molar-refractivity contribution in [3.63, 3.8) is 0 Å². The normalized spacial score (nSPS) is 16.7. The molecule has 4 heteroatoms. The van der Waals surface area contributed by atoms with Gasteiger partial charge < -0.3 is 10.2 Å². The molecule has 19 heavy (non-hydrogen) atoms. The summed E-state index contributed by atoms with van der Waals surface area (Å²) in [5, 5.41) is 4.36. The average molecular weight is 281 g/mol. The molecule has 1 aromatic rings. The fraction of sp³-hybridized carbons (Fsp3) is 0.533. The number of likely N-dealkylation sites (tertiary alicyclic amines) is 1. The third-order valence-corrected chi connectivity index (χ3v) is 4.06. The second-order valence-corrected chi connectivity index (χ2v) is 5.67. The Labute approximate surface area is 119 Å². The van der Waals surface area contributed by atoms with Gasteiger partial charge in [-0.25, -0.2) is 0 Å². The van der Waals surface area contributed by atoms with Gasteiger partial charge in [-0.05, 0) is 43.0 Å². The van der Waals surface area contributed by atoms with Gasteiger partial charge in [-0.15, -0.1) is 0 Å². The molecule has 1 N–H and O–H groups in total. The lowest BCUT2D eigenvalue weighted by molar-refractivity contribution is -0.129. The highest BCUT2D eigenvalue weighted by molar-refractivity contribution is 6.30. The maximum absolute atomic E-state index is 11.3. The van der Waals surface area contributed by atoms with Crippen molar-refractivity contribution in [2.75, 3.05) is 13.1 Å². The molecule has 0 bridgehead atoms. The second kappa shape index (κ2) is 6.40. The topological polar surface area (TPSA) is 32.3 Å². The van der Waals surface area contributed by atoms with Crippen LogP contribution in [0.3, 0.4) is 0 Å². The zero-order valence-electron chi connectivity index (χ0n) is 11.6. The van der Waals surface area contributed by atoms with Crippen LogP contribution in [0.5, 0.6) is 0 Å². The Balaban J connectivity index is 1.82. The predicted molar refractivity (Wildman–Crippen MR) is 78.3 cm³/mol. The molecule has 1 fully saturated rings. The molecule has 0 radical (unpaired) electrons. The lowest BCUT2D eigenvalue weighted by Crippen LogP contribution is -2.44. The minimum Gasteiger partial charge on any atom is -0.343 e. The molecule has 1 heterocycles. The Kier molecular flexibility index (Phi) is 4.83. The number of benzene rings is 1. The van der Waals surface area contributed by atoms with Gasteiger partial charge in [-0.2, -0.15) is 0 Å². The number of carbonyl (C=O) groups excluding carboxylic acids is 1. The number of piperidine rings is 1. The number of nitrogens with zero attached hydrogens (tertiary/aromatic N) is 1. The van der Waals surface area contributed by atoms with Crippen molar-refractivity contribution < 1.29 is 4.79 Å². The van der Waals surface area contributed by atoms with E-state index in [1.807, 2.05) is 17.0 Å². The van der Waals surface area contributed by atoms with Crippen molar-refractivity contribution in [1.82, 2.24) is 10.2 Å². The number of amides is 1. The highest BCUT2D eigenvalue weighted by Crippen LogP contribution is 2.16. The van der Waals surface area contributed by atoms with Gasteiger partial charge in [-0.3, -0.25) is 4.79 Å². The fourth-order valence-electron chi connectivity index (χ4n) is 2.51. The van der Waals surface area contributed by atoms with Crippen LogP contribution in [0.15, 0.2) is 18.2 Å². The number of hydrogen-bond donors (Lipinski definition) is 1. The van der Waals surface area contributed by atoms with E-state index < -0.39 is 0 Å². The molecule has 1 aliphatic rings. The molecule has 3 nitrogen and oxygen atoms in total. The van der Waals surface area contributed by atoms with E-state index in [2.05, 4.69) is 18.3 Å². The summed E-state index contributed by atoms with van der Waals surface area (Å²) < 4.78 is 0. The Morgan fingerprint density at radius 2 is 2.11 bits per heavy atom. The molecule has 0 atom stereocenters. The fourth-order valence-corrected chi connectivity index (χ4v) is 2.74. The first-order valence-corrected chi connectivity index (χ1v) is 7.18. The monoisotopic (exact) mass is 280 g/mol. The van der Waals surface area contributed by atoms with Crippen molar-refractivity contribution in [2.24, 2.45) is 0 Å². The van der Waals surface area contributed by atoms with Crippen LogP contribution in [0.2, 0.25) is 5.02 Å². The van der Waals surface area contributed by atoms with Crippen LogP contribution in [-0.4, -0.2) is 29.9 Å². The summed E-state index contributed by atoms with van der Waals surface area (Å²) in [5.41, 5.74) is 2.51. The zero-order chi connectivity index (χ0) is 13.8. The first kappa shape index (κ1) is 14.4. The van der Waals surface area contributed by atoms with Crippen LogP contribution < -0.4 is 5.32 Å². The van der Waals surface area contributed by atoms with Gasteiger partial charge in [0.2, 0.25) is 5.91 Å². The SMILES string of the molecule is CC(=O)N1CCC(NCc2ccc(Cl)cc2C)CC1. The molecule has 0 aromatic heterocycles. The molecule has 1 aliphatic heterocycles. The number of aryl methyl sites for hydroxylation is 1. The summed E-state index contributed by atoms with van der Waals surface area (Å²) in [4.78, 5) is 13.2. The number of carbonyl (C=O) groups is 1. The Bertz CT molecular complexity index is 453. The highest BCUT2D eigenvalue weighted by atomic mass is 35.5. The summed E-state index contributed by atoms with van der Waals surface area (Å²) in [6.45, 7) is 6.33. The molecular weight excluding hydrogens is 260 g/mol. The average Bonchev–Trinajstić information content (AvgIpc) is 2.38. The largest absolute Gasteiger partial charge is 0.343 e. The maximum atomic E-state index is 11.3. The molecule has 1 aromatic carbocycles. The van der Waals surface area contributed by atoms with E-state index in [1.54, 1.807) is 6.92 Å². The van der Waals surface area contributed by atoms with Crippen LogP contribution in [-0.2, 0) is 11.3 Å². The molecule has 0 aliphatic carbocycles. The summed E-state index contributed by atoms with van der Waals surface area (Å²) >= 11 is 5.95. The smallest absolute Gasteiger partial charge is 0.219 e. The van der Waals surface area contributed by atoms with E-state index in [4.69, 9.17) is 11.6 Å². The van der Waals surface area contributed by atoms with Crippen molar-refractivity contribution >= 4 is 17.5 Å². The van der Waals surface area contributed by atoms with Crippen LogP contribution >= 0.6 is 11.6 Å². The maximum Gasteiger partial charge on any atom is 0.219 e. The minimum atomic E-state index is 0.187. The van der Waals surface area contributed by atoms with Gasteiger partial charge in [-0.1, -0.05) is 17.7 Å². The molecule has 0 saturated carbocycles. The van der Waals surface area contributed by atoms with Crippen molar-refractivity contribution in [3.8, 4) is 0 Å². The van der Waals surface area contributed by atoms with Gasteiger partial charge >= 0.3 is 0 Å². The van der Waals surface area contributed by atoms with Crippen LogP contribution in [0.1, 0.15) is 30.9 Å². The third kappa shape index (κ3) is 3.95. The Morgan fingerprint density at radius 3 is 2.68 bits per heavy atom. The summed E-state index contributed by atoms with van der Waals surface area (Å²) in [5.74, 6) is 0.187. The molecule has 0 unspecified atom stereocenters. The molecule has 0 spiro atoms. The number of halogens is 1. The number of nitrogens with one attached hydrogen (secondary N) is 1. The number of rotatable bonds is 3. The zero-order valence-corrected chi connectivity index (χ0v) is 12.3. The lowest BCUT2D eigenvalue weighted by Gasteiger charge is -2.32. The van der Waals surface area contributed by atoms with E-state index in [0.717, 1.165) is 37.5 Å². The minimum absolute atomic E-state index is 0.187. The summed E-state index contributed by atoms with van der Waals surface area (Å²) in [7, 11) is 0. The first-order valence-electron chi connectivity index (χ1n) is 6.80. The summed E-state index contributed by atoms with van der Waals surface area (Å²) in [6, 6.07) is 6.52. The van der Waals surface area contributed by atoms with Crippen LogP contribution in [0, 0.1) is 6.92 Å². The Hall–Kier alpha value is -1.06. The van der Waals surface area contributed by atoms with Crippen molar-refractivity contribution in [3.05, 3.63) is 34.3 Å². The molecular formula is C15H21ClN2O. The van der Waals surface area contributed by atoms with Gasteiger partial charge in [0, 0.05) is 37.6 Å². The molecule has 104 valence electrons. The first-order chi connectivity index (χ1) is 9.06. The Morgan fingerprint density at radius 1 is 1.42 bits per heavy atom. The molecule has 1 saturated heterocycles. The molecule has 2 rings (SSSR count). The summed E-state index contributed by atoms with van der Waals surface area (Å²) in [6.07, 6.45) is 2.07. The highest BCUT2D eigenvalue weighted by Gasteiger charge is 2.20. The molecule has 1 amide bonds. The van der Waals surface area contributed by atoms with E-state index in [1.165, 1.54) is 11.1 Å². The van der Waals surface area contributed by atoms with Gasteiger partial charge in [0.05, 0.1) is 0 Å². The quantitative estimate of drug-likeness (QED) is 0.923. The standard InChI is InChI=1S/C15H21ClN2O/c1-11-9-14(16)4-3-13(11)10-17-15-5-7-18(8-6-15)12(2)19/h3-4,9,15,17H,5-8,10H2,1-2H3.